The topological polar surface area (TPSA) is 55.6 Å². The Morgan fingerprint density at radius 3 is 2.84 bits per heavy atom. The first kappa shape index (κ1) is 16.2. The van der Waals surface area contributed by atoms with Gasteiger partial charge in [-0.25, -0.2) is 0 Å². The number of halogens is 2. The van der Waals surface area contributed by atoms with Crippen LogP contribution < -0.4 is 5.73 Å². The van der Waals surface area contributed by atoms with Crippen LogP contribution in [0.4, 0.5) is 0 Å². The van der Waals surface area contributed by atoms with Gasteiger partial charge in [0.15, 0.2) is 0 Å². The van der Waals surface area contributed by atoms with Crippen LogP contribution in [0.1, 0.15) is 17.3 Å². The first-order valence-corrected chi connectivity index (χ1v) is 6.38. The second-order valence-corrected chi connectivity index (χ2v) is 4.91. The summed E-state index contributed by atoms with van der Waals surface area (Å²) in [6, 6.07) is 6.98. The van der Waals surface area contributed by atoms with Crippen LogP contribution in [-0.4, -0.2) is 42.6 Å². The van der Waals surface area contributed by atoms with Crippen molar-refractivity contribution < 1.29 is 9.53 Å². The zero-order valence-corrected chi connectivity index (χ0v) is 12.3. The lowest BCUT2D eigenvalue weighted by atomic mass is 10.1. The van der Waals surface area contributed by atoms with Crippen LogP contribution >= 0.6 is 24.0 Å². The van der Waals surface area contributed by atoms with Crippen LogP contribution in [0.3, 0.4) is 0 Å². The van der Waals surface area contributed by atoms with Crippen LogP contribution in [0.5, 0.6) is 0 Å². The molecule has 2 rings (SSSR count). The maximum Gasteiger partial charge on any atom is 0.255 e. The molecule has 0 bridgehead atoms. The fourth-order valence-corrected chi connectivity index (χ4v) is 2.20. The van der Waals surface area contributed by atoms with Gasteiger partial charge in [-0.15, -0.1) is 12.4 Å². The highest BCUT2D eigenvalue weighted by Crippen LogP contribution is 2.19. The Kier molecular flexibility index (Phi) is 6.07. The minimum Gasteiger partial charge on any atom is -0.373 e. The number of benzene rings is 1. The molecule has 106 valence electrons. The molecule has 0 spiro atoms. The van der Waals surface area contributed by atoms with Crippen LogP contribution in [0.15, 0.2) is 24.3 Å². The van der Waals surface area contributed by atoms with Gasteiger partial charge in [0, 0.05) is 19.1 Å². The molecule has 2 unspecified atom stereocenters. The smallest absolute Gasteiger partial charge is 0.255 e. The number of ether oxygens (including phenoxy) is 1. The number of carbonyl (C=O) groups excluding carboxylic acids is 1. The lowest BCUT2D eigenvalue weighted by molar-refractivity contribution is -0.0300. The number of rotatable bonds is 2. The summed E-state index contributed by atoms with van der Waals surface area (Å²) in [6.07, 6.45) is -0.106. The van der Waals surface area contributed by atoms with E-state index in [0.29, 0.717) is 30.3 Å². The van der Waals surface area contributed by atoms with Crippen molar-refractivity contribution in [3.05, 3.63) is 34.9 Å². The van der Waals surface area contributed by atoms with Crippen LogP contribution in [0, 0.1) is 0 Å². The molecule has 0 radical (unpaired) electrons. The molecule has 1 amide bonds. The Bertz CT molecular complexity index is 440. The Morgan fingerprint density at radius 2 is 2.21 bits per heavy atom. The molecular formula is C13H18Cl2N2O2. The van der Waals surface area contributed by atoms with E-state index in [2.05, 4.69) is 0 Å². The highest BCUT2D eigenvalue weighted by atomic mass is 35.5. The maximum atomic E-state index is 12.3. The zero-order chi connectivity index (χ0) is 13.1. The van der Waals surface area contributed by atoms with Gasteiger partial charge < -0.3 is 15.4 Å². The van der Waals surface area contributed by atoms with Gasteiger partial charge in [0.05, 0.1) is 23.3 Å². The fourth-order valence-electron chi connectivity index (χ4n) is 1.98. The molecule has 4 nitrogen and oxygen atoms in total. The minimum absolute atomic E-state index is 0. The Hall–Kier alpha value is -0.810. The van der Waals surface area contributed by atoms with Gasteiger partial charge in [0.25, 0.3) is 5.91 Å². The molecule has 2 N–H and O–H groups in total. The van der Waals surface area contributed by atoms with Gasteiger partial charge >= 0.3 is 0 Å². The third kappa shape index (κ3) is 3.83. The Labute approximate surface area is 124 Å². The number of morpholine rings is 1. The molecule has 19 heavy (non-hydrogen) atoms. The number of nitrogens with zero attached hydrogens (tertiary/aromatic N) is 1. The Morgan fingerprint density at radius 1 is 1.53 bits per heavy atom. The first-order valence-electron chi connectivity index (χ1n) is 6.00. The molecule has 1 aromatic rings. The Balaban J connectivity index is 0.00000180. The van der Waals surface area contributed by atoms with E-state index >= 15 is 0 Å². The predicted octanol–water partition coefficient (Wildman–Crippen LogP) is 1.95. The predicted molar refractivity (Wildman–Crippen MR) is 78.0 cm³/mol. The van der Waals surface area contributed by atoms with E-state index < -0.39 is 0 Å². The zero-order valence-electron chi connectivity index (χ0n) is 10.7. The summed E-state index contributed by atoms with van der Waals surface area (Å²) in [7, 11) is 0. The first-order chi connectivity index (χ1) is 8.59. The summed E-state index contributed by atoms with van der Waals surface area (Å²) < 4.78 is 5.53. The summed E-state index contributed by atoms with van der Waals surface area (Å²) in [4.78, 5) is 14.1. The summed E-state index contributed by atoms with van der Waals surface area (Å²) in [5, 5.41) is 0.478. The summed E-state index contributed by atoms with van der Waals surface area (Å²) in [5.74, 6) is -0.0606. The fraction of sp³-hybridized carbons (Fsp3) is 0.462. The quantitative estimate of drug-likeness (QED) is 0.908. The third-order valence-corrected chi connectivity index (χ3v) is 3.40. The number of nitrogens with two attached hydrogens (primary N) is 1. The highest BCUT2D eigenvalue weighted by Gasteiger charge is 2.27. The van der Waals surface area contributed by atoms with Crippen molar-refractivity contribution in [2.75, 3.05) is 19.7 Å². The van der Waals surface area contributed by atoms with E-state index in [0.717, 1.165) is 0 Å². The molecule has 1 aliphatic heterocycles. The van der Waals surface area contributed by atoms with Crippen LogP contribution in [0.25, 0.3) is 0 Å². The molecule has 0 saturated carbocycles. The lowest BCUT2D eigenvalue weighted by Gasteiger charge is -2.34. The van der Waals surface area contributed by atoms with Crippen LogP contribution in [0.2, 0.25) is 5.02 Å². The van der Waals surface area contributed by atoms with Crippen molar-refractivity contribution in [1.82, 2.24) is 4.90 Å². The highest BCUT2D eigenvalue weighted by molar-refractivity contribution is 6.33. The van der Waals surface area contributed by atoms with E-state index in [4.69, 9.17) is 22.1 Å². The largest absolute Gasteiger partial charge is 0.373 e. The molecule has 1 fully saturated rings. The molecule has 1 heterocycles. The lowest BCUT2D eigenvalue weighted by Crippen LogP contribution is -2.51. The van der Waals surface area contributed by atoms with Gasteiger partial charge in [-0.05, 0) is 19.1 Å². The number of carbonyl (C=O) groups is 1. The number of hydrogen-bond donors (Lipinski definition) is 1. The average Bonchev–Trinajstić information content (AvgIpc) is 2.38. The third-order valence-electron chi connectivity index (χ3n) is 3.07. The van der Waals surface area contributed by atoms with E-state index in [-0.39, 0.29) is 30.5 Å². The molecular weight excluding hydrogens is 287 g/mol. The van der Waals surface area contributed by atoms with Gasteiger partial charge in [-0.1, -0.05) is 23.7 Å². The number of hydrogen-bond acceptors (Lipinski definition) is 3. The van der Waals surface area contributed by atoms with Crippen molar-refractivity contribution >= 4 is 29.9 Å². The van der Waals surface area contributed by atoms with Gasteiger partial charge in [-0.2, -0.15) is 0 Å². The summed E-state index contributed by atoms with van der Waals surface area (Å²) >= 11 is 6.03. The summed E-state index contributed by atoms with van der Waals surface area (Å²) in [6.45, 7) is 3.49. The normalized spacial score (nSPS) is 20.6. The molecule has 1 aliphatic rings. The van der Waals surface area contributed by atoms with E-state index in [1.807, 2.05) is 19.1 Å². The van der Waals surface area contributed by atoms with Gasteiger partial charge in [0.1, 0.15) is 0 Å². The standard InChI is InChI=1S/C13H17ClN2O2.ClH/c1-9(15)12-8-16(6-7-18-12)13(17)10-4-2-3-5-11(10)14;/h2-5,9,12H,6-8,15H2,1H3;1H. The van der Waals surface area contributed by atoms with Crippen molar-refractivity contribution in [3.8, 4) is 0 Å². The van der Waals surface area contributed by atoms with Crippen molar-refractivity contribution in [1.29, 1.82) is 0 Å². The van der Waals surface area contributed by atoms with E-state index in [1.54, 1.807) is 17.0 Å². The molecule has 1 aromatic carbocycles. The molecule has 1 saturated heterocycles. The molecule has 0 aliphatic carbocycles. The van der Waals surface area contributed by atoms with Crippen molar-refractivity contribution in [2.45, 2.75) is 19.1 Å². The summed E-state index contributed by atoms with van der Waals surface area (Å²) in [5.41, 5.74) is 6.34. The van der Waals surface area contributed by atoms with Crippen LogP contribution in [-0.2, 0) is 4.74 Å². The molecule has 0 aromatic heterocycles. The molecule has 2 atom stereocenters. The van der Waals surface area contributed by atoms with Crippen molar-refractivity contribution in [3.63, 3.8) is 0 Å². The second-order valence-electron chi connectivity index (χ2n) is 4.50. The van der Waals surface area contributed by atoms with E-state index in [9.17, 15) is 4.79 Å². The van der Waals surface area contributed by atoms with Gasteiger partial charge in [-0.3, -0.25) is 4.79 Å². The maximum absolute atomic E-state index is 12.3. The SMILES string of the molecule is CC(N)C1CN(C(=O)c2ccccc2Cl)CCO1.Cl. The van der Waals surface area contributed by atoms with Gasteiger partial charge in [0.2, 0.25) is 0 Å². The molecule has 6 heteroatoms. The monoisotopic (exact) mass is 304 g/mol. The number of amides is 1. The second kappa shape index (κ2) is 7.10. The van der Waals surface area contributed by atoms with Crippen molar-refractivity contribution in [2.24, 2.45) is 5.73 Å². The average molecular weight is 305 g/mol. The minimum atomic E-state index is -0.106. The van der Waals surface area contributed by atoms with E-state index in [1.165, 1.54) is 0 Å².